The lowest BCUT2D eigenvalue weighted by Gasteiger charge is -2.24. The zero-order valence-electron chi connectivity index (χ0n) is 20.1. The number of carbonyl (C=O) groups is 1. The van der Waals surface area contributed by atoms with E-state index in [2.05, 4.69) is 30.7 Å². The van der Waals surface area contributed by atoms with E-state index in [-0.39, 0.29) is 24.0 Å². The van der Waals surface area contributed by atoms with Gasteiger partial charge in [-0.15, -0.1) is 0 Å². The summed E-state index contributed by atoms with van der Waals surface area (Å²) >= 11 is 1.49. The van der Waals surface area contributed by atoms with Crippen LogP contribution in [0.5, 0.6) is 11.5 Å². The summed E-state index contributed by atoms with van der Waals surface area (Å²) in [6.07, 6.45) is 3.29. The summed E-state index contributed by atoms with van der Waals surface area (Å²) in [7, 11) is 0. The predicted octanol–water partition coefficient (Wildman–Crippen LogP) is 4.45. The molecule has 2 aliphatic rings. The Balaban J connectivity index is 1.41. The third kappa shape index (κ3) is 5.84. The molecule has 8 heteroatoms. The van der Waals surface area contributed by atoms with Gasteiger partial charge in [-0.2, -0.15) is 0 Å². The van der Waals surface area contributed by atoms with E-state index in [1.165, 1.54) is 11.8 Å². The molecule has 1 aromatic carbocycles. The van der Waals surface area contributed by atoms with Gasteiger partial charge in [-0.3, -0.25) is 4.79 Å². The fourth-order valence-electron chi connectivity index (χ4n) is 4.29. The number of nitrogens with zero attached hydrogens (tertiary/aromatic N) is 2. The SMILES string of the molecule is Cc1nc(SCC(=O)NC(c2ccc3c(c2)OCCCO3)C(C)C)n(CC2CCCO2)c1C. The first-order chi connectivity index (χ1) is 15.9. The molecule has 0 radical (unpaired) electrons. The van der Waals surface area contributed by atoms with Crippen LogP contribution >= 0.6 is 11.8 Å². The van der Waals surface area contributed by atoms with Gasteiger partial charge in [-0.25, -0.2) is 4.98 Å². The molecule has 1 N–H and O–H groups in total. The second-order valence-corrected chi connectivity index (χ2v) is 10.1. The zero-order valence-corrected chi connectivity index (χ0v) is 20.9. The monoisotopic (exact) mass is 473 g/mol. The van der Waals surface area contributed by atoms with Crippen LogP contribution in [-0.2, 0) is 16.1 Å². The number of nitrogens with one attached hydrogen (secondary N) is 1. The molecule has 1 amide bonds. The number of rotatable bonds is 8. The number of aryl methyl sites for hydroxylation is 1. The lowest BCUT2D eigenvalue weighted by Crippen LogP contribution is -2.33. The summed E-state index contributed by atoms with van der Waals surface area (Å²) in [4.78, 5) is 17.7. The van der Waals surface area contributed by atoms with E-state index in [4.69, 9.17) is 19.2 Å². The van der Waals surface area contributed by atoms with Crippen molar-refractivity contribution in [3.8, 4) is 11.5 Å². The van der Waals surface area contributed by atoms with E-state index < -0.39 is 0 Å². The summed E-state index contributed by atoms with van der Waals surface area (Å²) in [6.45, 7) is 11.3. The molecule has 0 bridgehead atoms. The van der Waals surface area contributed by atoms with Crippen molar-refractivity contribution >= 4 is 17.7 Å². The van der Waals surface area contributed by atoms with Gasteiger partial charge in [0, 0.05) is 18.7 Å². The minimum absolute atomic E-state index is 0.00668. The van der Waals surface area contributed by atoms with Gasteiger partial charge >= 0.3 is 0 Å². The Morgan fingerprint density at radius 2 is 1.97 bits per heavy atom. The second-order valence-electron chi connectivity index (χ2n) is 9.15. The fourth-order valence-corrected chi connectivity index (χ4v) is 5.21. The predicted molar refractivity (Wildman–Crippen MR) is 129 cm³/mol. The average Bonchev–Trinajstić information content (AvgIpc) is 3.31. The Morgan fingerprint density at radius 3 is 2.70 bits per heavy atom. The van der Waals surface area contributed by atoms with Gasteiger partial charge in [0.25, 0.3) is 0 Å². The third-order valence-corrected chi connectivity index (χ3v) is 7.26. The first-order valence-corrected chi connectivity index (χ1v) is 12.9. The highest BCUT2D eigenvalue weighted by Gasteiger charge is 2.23. The van der Waals surface area contributed by atoms with Crippen molar-refractivity contribution in [3.63, 3.8) is 0 Å². The van der Waals surface area contributed by atoms with Crippen molar-refractivity contribution < 1.29 is 19.0 Å². The summed E-state index contributed by atoms with van der Waals surface area (Å²) in [6, 6.07) is 5.86. The van der Waals surface area contributed by atoms with E-state index >= 15 is 0 Å². The minimum atomic E-state index is -0.106. The fraction of sp³-hybridized carbons (Fsp3) is 0.600. The van der Waals surface area contributed by atoms with Crippen LogP contribution in [-0.4, -0.2) is 47.1 Å². The van der Waals surface area contributed by atoms with Gasteiger partial charge in [0.1, 0.15) is 0 Å². The van der Waals surface area contributed by atoms with E-state index in [1.54, 1.807) is 0 Å². The Morgan fingerprint density at radius 1 is 1.18 bits per heavy atom. The van der Waals surface area contributed by atoms with Crippen LogP contribution in [0, 0.1) is 19.8 Å². The summed E-state index contributed by atoms with van der Waals surface area (Å²) in [5, 5.41) is 4.10. The normalized spacial score (nSPS) is 18.9. The molecule has 1 aromatic heterocycles. The number of ether oxygens (including phenoxy) is 3. The molecular weight excluding hydrogens is 438 g/mol. The first kappa shape index (κ1) is 24.0. The van der Waals surface area contributed by atoms with E-state index in [9.17, 15) is 4.79 Å². The van der Waals surface area contributed by atoms with Crippen LogP contribution in [0.3, 0.4) is 0 Å². The summed E-state index contributed by atoms with van der Waals surface area (Å²) < 4.78 is 19.6. The van der Waals surface area contributed by atoms with Gasteiger partial charge in [0.2, 0.25) is 5.91 Å². The highest BCUT2D eigenvalue weighted by Crippen LogP contribution is 2.34. The van der Waals surface area contributed by atoms with E-state index in [1.807, 2.05) is 25.1 Å². The van der Waals surface area contributed by atoms with Crippen LogP contribution in [0.15, 0.2) is 23.4 Å². The van der Waals surface area contributed by atoms with Gasteiger partial charge in [-0.1, -0.05) is 31.7 Å². The Kier molecular flexibility index (Phi) is 7.86. The van der Waals surface area contributed by atoms with Crippen LogP contribution < -0.4 is 14.8 Å². The second kappa shape index (κ2) is 10.8. The lowest BCUT2D eigenvalue weighted by molar-refractivity contribution is -0.119. The van der Waals surface area contributed by atoms with Crippen molar-refractivity contribution in [2.45, 2.75) is 70.8 Å². The molecule has 2 unspecified atom stereocenters. The Labute approximate surface area is 200 Å². The third-order valence-electron chi connectivity index (χ3n) is 6.28. The maximum absolute atomic E-state index is 12.9. The van der Waals surface area contributed by atoms with Crippen LogP contribution in [0.1, 0.15) is 56.1 Å². The van der Waals surface area contributed by atoms with Crippen molar-refractivity contribution in [1.82, 2.24) is 14.9 Å². The van der Waals surface area contributed by atoms with Crippen molar-refractivity contribution in [2.75, 3.05) is 25.6 Å². The molecule has 0 aliphatic carbocycles. The minimum Gasteiger partial charge on any atom is -0.490 e. The highest BCUT2D eigenvalue weighted by atomic mass is 32.2. The van der Waals surface area contributed by atoms with Gasteiger partial charge in [0.05, 0.1) is 43.4 Å². The van der Waals surface area contributed by atoms with Crippen molar-refractivity contribution in [3.05, 3.63) is 35.2 Å². The van der Waals surface area contributed by atoms with Crippen LogP contribution in [0.2, 0.25) is 0 Å². The van der Waals surface area contributed by atoms with Gasteiger partial charge in [0.15, 0.2) is 16.7 Å². The molecular formula is C25H35N3O4S. The average molecular weight is 474 g/mol. The Hall–Kier alpha value is -2.19. The molecule has 4 rings (SSSR count). The highest BCUT2D eigenvalue weighted by molar-refractivity contribution is 7.99. The number of fused-ring (bicyclic) bond motifs is 1. The molecule has 1 saturated heterocycles. The number of imidazole rings is 1. The smallest absolute Gasteiger partial charge is 0.230 e. The molecule has 33 heavy (non-hydrogen) atoms. The quantitative estimate of drug-likeness (QED) is 0.571. The summed E-state index contributed by atoms with van der Waals surface area (Å²) in [5.74, 6) is 2.06. The number of hydrogen-bond donors (Lipinski definition) is 1. The number of aromatic nitrogens is 2. The lowest BCUT2D eigenvalue weighted by atomic mass is 9.95. The number of thioether (sulfide) groups is 1. The van der Waals surface area contributed by atoms with Crippen molar-refractivity contribution in [1.29, 1.82) is 0 Å². The number of hydrogen-bond acceptors (Lipinski definition) is 6. The molecule has 0 spiro atoms. The van der Waals surface area contributed by atoms with Crippen LogP contribution in [0.4, 0.5) is 0 Å². The molecule has 2 aliphatic heterocycles. The largest absolute Gasteiger partial charge is 0.490 e. The number of benzene rings is 1. The number of carbonyl (C=O) groups excluding carboxylic acids is 1. The molecule has 1 fully saturated rings. The Bertz CT molecular complexity index is 969. The molecule has 7 nitrogen and oxygen atoms in total. The molecule has 3 heterocycles. The molecule has 2 aromatic rings. The van der Waals surface area contributed by atoms with Gasteiger partial charge in [-0.05, 0) is 50.3 Å². The number of amides is 1. The molecule has 2 atom stereocenters. The molecule has 0 saturated carbocycles. The van der Waals surface area contributed by atoms with E-state index in [0.29, 0.717) is 19.0 Å². The topological polar surface area (TPSA) is 74.6 Å². The molecule has 180 valence electrons. The van der Waals surface area contributed by atoms with Gasteiger partial charge < -0.3 is 24.1 Å². The maximum Gasteiger partial charge on any atom is 0.230 e. The first-order valence-electron chi connectivity index (χ1n) is 11.9. The maximum atomic E-state index is 12.9. The van der Waals surface area contributed by atoms with Crippen molar-refractivity contribution in [2.24, 2.45) is 5.92 Å². The standard InChI is InChI=1S/C25H35N3O4S/c1-16(2)24(19-8-9-21-22(13-19)32-12-6-11-31-21)27-23(29)15-33-25-26-17(3)18(4)28(25)14-20-7-5-10-30-20/h8-9,13,16,20,24H,5-7,10-12,14-15H2,1-4H3,(H,27,29). The van der Waals surface area contributed by atoms with E-state index in [0.717, 1.165) is 66.0 Å². The zero-order chi connectivity index (χ0) is 23.4. The summed E-state index contributed by atoms with van der Waals surface area (Å²) in [5.41, 5.74) is 3.17. The van der Waals surface area contributed by atoms with Crippen LogP contribution in [0.25, 0.3) is 0 Å².